The zero-order valence-electron chi connectivity index (χ0n) is 19.2. The van der Waals surface area contributed by atoms with Gasteiger partial charge in [-0.2, -0.15) is 9.61 Å². The zero-order chi connectivity index (χ0) is 23.4. The van der Waals surface area contributed by atoms with Gasteiger partial charge in [0.25, 0.3) is 0 Å². The Morgan fingerprint density at radius 3 is 2.48 bits per heavy atom. The van der Waals surface area contributed by atoms with Crippen molar-refractivity contribution in [2.45, 2.75) is 32.7 Å². The van der Waals surface area contributed by atoms with Gasteiger partial charge in [-0.25, -0.2) is 0 Å². The molecule has 33 heavy (non-hydrogen) atoms. The lowest BCUT2D eigenvalue weighted by Gasteiger charge is -2.16. The summed E-state index contributed by atoms with van der Waals surface area (Å²) in [6.45, 7) is 3.98. The summed E-state index contributed by atoms with van der Waals surface area (Å²) >= 11 is 0. The second kappa shape index (κ2) is 9.68. The number of ether oxygens (including phenoxy) is 2. The van der Waals surface area contributed by atoms with Gasteiger partial charge in [-0.3, -0.25) is 4.79 Å². The SMILES string of the molecule is COc1ccc(C(C)NC(=O)CCc2nnc3ccc(-c4ccc(C)cc4)nn23)cc1OC. The van der Waals surface area contributed by atoms with Crippen LogP contribution in [0.4, 0.5) is 0 Å². The number of amides is 1. The summed E-state index contributed by atoms with van der Waals surface area (Å²) < 4.78 is 12.3. The normalized spacial score (nSPS) is 11.9. The van der Waals surface area contributed by atoms with Crippen molar-refractivity contribution in [2.75, 3.05) is 14.2 Å². The van der Waals surface area contributed by atoms with E-state index in [4.69, 9.17) is 14.6 Å². The number of aromatic nitrogens is 4. The number of nitrogens with one attached hydrogen (secondary N) is 1. The highest BCUT2D eigenvalue weighted by molar-refractivity contribution is 5.76. The molecule has 0 saturated carbocycles. The molecule has 2 heterocycles. The van der Waals surface area contributed by atoms with Gasteiger partial charge in [0.05, 0.1) is 26.0 Å². The third kappa shape index (κ3) is 4.95. The van der Waals surface area contributed by atoms with Gasteiger partial charge in [-0.1, -0.05) is 35.9 Å². The first-order valence-corrected chi connectivity index (χ1v) is 10.8. The van der Waals surface area contributed by atoms with Crippen LogP contribution in [0.15, 0.2) is 54.6 Å². The van der Waals surface area contributed by atoms with E-state index in [9.17, 15) is 4.79 Å². The number of nitrogens with zero attached hydrogens (tertiary/aromatic N) is 4. The van der Waals surface area contributed by atoms with Gasteiger partial charge < -0.3 is 14.8 Å². The van der Waals surface area contributed by atoms with E-state index < -0.39 is 0 Å². The molecule has 0 bridgehead atoms. The summed E-state index contributed by atoms with van der Waals surface area (Å²) in [6, 6.07) is 17.4. The van der Waals surface area contributed by atoms with Crippen molar-refractivity contribution in [3.8, 4) is 22.8 Å². The number of hydrogen-bond donors (Lipinski definition) is 1. The van der Waals surface area contributed by atoms with Crippen molar-refractivity contribution in [1.82, 2.24) is 25.1 Å². The molecule has 2 aromatic heterocycles. The summed E-state index contributed by atoms with van der Waals surface area (Å²) in [6.07, 6.45) is 0.699. The fourth-order valence-corrected chi connectivity index (χ4v) is 3.61. The fraction of sp³-hybridized carbons (Fsp3) is 0.280. The lowest BCUT2D eigenvalue weighted by molar-refractivity contribution is -0.121. The molecule has 0 fully saturated rings. The summed E-state index contributed by atoms with van der Waals surface area (Å²) in [5, 5.41) is 16.1. The van der Waals surface area contributed by atoms with E-state index in [0.717, 1.165) is 16.8 Å². The topological polar surface area (TPSA) is 90.6 Å². The molecule has 0 radical (unpaired) electrons. The van der Waals surface area contributed by atoms with Gasteiger partial charge in [0.1, 0.15) is 0 Å². The first-order valence-electron chi connectivity index (χ1n) is 10.8. The largest absolute Gasteiger partial charge is 0.493 e. The second-order valence-electron chi connectivity index (χ2n) is 7.87. The highest BCUT2D eigenvalue weighted by atomic mass is 16.5. The molecule has 1 unspecified atom stereocenters. The first-order chi connectivity index (χ1) is 16.0. The van der Waals surface area contributed by atoms with Crippen molar-refractivity contribution in [1.29, 1.82) is 0 Å². The molecule has 0 saturated heterocycles. The molecule has 0 spiro atoms. The first kappa shape index (κ1) is 22.3. The highest BCUT2D eigenvalue weighted by Crippen LogP contribution is 2.30. The number of aryl methyl sites for hydroxylation is 2. The Kier molecular flexibility index (Phi) is 6.53. The molecule has 1 atom stereocenters. The zero-order valence-corrected chi connectivity index (χ0v) is 19.2. The maximum atomic E-state index is 12.6. The third-order valence-corrected chi connectivity index (χ3v) is 5.54. The molecule has 1 N–H and O–H groups in total. The molecule has 0 aliphatic heterocycles. The Morgan fingerprint density at radius 1 is 1.00 bits per heavy atom. The third-order valence-electron chi connectivity index (χ3n) is 5.54. The van der Waals surface area contributed by atoms with Gasteiger partial charge in [-0.05, 0) is 43.7 Å². The van der Waals surface area contributed by atoms with Crippen molar-refractivity contribution < 1.29 is 14.3 Å². The predicted molar refractivity (Wildman–Crippen MR) is 125 cm³/mol. The summed E-state index contributed by atoms with van der Waals surface area (Å²) in [4.78, 5) is 12.6. The van der Waals surface area contributed by atoms with Crippen LogP contribution >= 0.6 is 0 Å². The van der Waals surface area contributed by atoms with Crippen LogP contribution in [0, 0.1) is 6.92 Å². The lowest BCUT2D eigenvalue weighted by Crippen LogP contribution is -2.27. The van der Waals surface area contributed by atoms with Crippen molar-refractivity contribution >= 4 is 11.6 Å². The summed E-state index contributed by atoms with van der Waals surface area (Å²) in [5.74, 6) is 1.84. The smallest absolute Gasteiger partial charge is 0.220 e. The molecule has 0 aliphatic carbocycles. The van der Waals surface area contributed by atoms with E-state index in [2.05, 4.69) is 34.6 Å². The Labute approximate surface area is 192 Å². The van der Waals surface area contributed by atoms with Gasteiger partial charge in [0, 0.05) is 18.4 Å². The summed E-state index contributed by atoms with van der Waals surface area (Å²) in [7, 11) is 3.18. The number of fused-ring (bicyclic) bond motifs is 1. The van der Waals surface area contributed by atoms with Crippen LogP contribution in [0.2, 0.25) is 0 Å². The highest BCUT2D eigenvalue weighted by Gasteiger charge is 2.15. The molecule has 170 valence electrons. The van der Waals surface area contributed by atoms with E-state index >= 15 is 0 Å². The number of carbonyl (C=O) groups is 1. The van der Waals surface area contributed by atoms with Crippen LogP contribution < -0.4 is 14.8 Å². The molecule has 0 aliphatic rings. The Hall–Kier alpha value is -3.94. The van der Waals surface area contributed by atoms with Crippen LogP contribution in [0.3, 0.4) is 0 Å². The van der Waals surface area contributed by atoms with Crippen LogP contribution in [-0.4, -0.2) is 39.9 Å². The minimum atomic E-state index is -0.182. The van der Waals surface area contributed by atoms with Crippen molar-refractivity contribution in [3.05, 3.63) is 71.5 Å². The average molecular weight is 446 g/mol. The average Bonchev–Trinajstić information content (AvgIpc) is 3.25. The van der Waals surface area contributed by atoms with Gasteiger partial charge >= 0.3 is 0 Å². The van der Waals surface area contributed by atoms with Gasteiger partial charge in [-0.15, -0.1) is 10.2 Å². The number of rotatable bonds is 8. The van der Waals surface area contributed by atoms with Crippen LogP contribution in [0.5, 0.6) is 11.5 Å². The number of carbonyl (C=O) groups excluding carboxylic acids is 1. The predicted octanol–water partition coefficient (Wildman–Crippen LogP) is 3.93. The molecule has 4 aromatic rings. The van der Waals surface area contributed by atoms with Crippen LogP contribution in [-0.2, 0) is 11.2 Å². The standard InChI is InChI=1S/C25H27N5O3/c1-16-5-7-18(8-6-16)20-10-12-23-27-28-24(30(23)29-20)13-14-25(31)26-17(2)19-9-11-21(32-3)22(15-19)33-4/h5-12,15,17H,13-14H2,1-4H3,(H,26,31). The van der Waals surface area contributed by atoms with Crippen LogP contribution in [0.25, 0.3) is 16.9 Å². The Morgan fingerprint density at radius 2 is 1.76 bits per heavy atom. The quantitative estimate of drug-likeness (QED) is 0.442. The van der Waals surface area contributed by atoms with Crippen LogP contribution in [0.1, 0.15) is 36.3 Å². The molecule has 4 rings (SSSR count). The lowest BCUT2D eigenvalue weighted by atomic mass is 10.1. The van der Waals surface area contributed by atoms with E-state index in [1.165, 1.54) is 5.56 Å². The van der Waals surface area contributed by atoms with Crippen molar-refractivity contribution in [3.63, 3.8) is 0 Å². The monoisotopic (exact) mass is 445 g/mol. The van der Waals surface area contributed by atoms with Gasteiger partial charge in [0.2, 0.25) is 5.91 Å². The fourth-order valence-electron chi connectivity index (χ4n) is 3.61. The van der Waals surface area contributed by atoms with Crippen molar-refractivity contribution in [2.24, 2.45) is 0 Å². The van der Waals surface area contributed by atoms with Gasteiger partial charge in [0.15, 0.2) is 23.0 Å². The van der Waals surface area contributed by atoms with E-state index in [-0.39, 0.29) is 18.4 Å². The summed E-state index contributed by atoms with van der Waals surface area (Å²) in [5.41, 5.74) is 4.62. The molecule has 8 nitrogen and oxygen atoms in total. The van der Waals surface area contributed by atoms with E-state index in [0.29, 0.717) is 29.4 Å². The number of hydrogen-bond acceptors (Lipinski definition) is 6. The minimum Gasteiger partial charge on any atom is -0.493 e. The van der Waals surface area contributed by atoms with E-state index in [1.807, 2.05) is 49.4 Å². The molecular weight excluding hydrogens is 418 g/mol. The Bertz CT molecular complexity index is 1270. The minimum absolute atomic E-state index is 0.0799. The molecule has 8 heteroatoms. The number of benzene rings is 2. The molecule has 1 amide bonds. The Balaban J connectivity index is 1.43. The van der Waals surface area contributed by atoms with E-state index in [1.54, 1.807) is 18.7 Å². The molecular formula is C25H27N5O3. The maximum absolute atomic E-state index is 12.6. The second-order valence-corrected chi connectivity index (χ2v) is 7.87. The number of methoxy groups -OCH3 is 2. The molecule has 2 aromatic carbocycles. The maximum Gasteiger partial charge on any atom is 0.220 e.